The smallest absolute Gasteiger partial charge is 0.239 e. The summed E-state index contributed by atoms with van der Waals surface area (Å²) in [4.78, 5) is 23.3. The molecule has 1 rings (SSSR count). The molecule has 0 radical (unpaired) electrons. The van der Waals surface area contributed by atoms with Crippen LogP contribution >= 0.6 is 0 Å². The second-order valence-electron chi connectivity index (χ2n) is 5.84. The molecule has 7 heteroatoms. The van der Waals surface area contributed by atoms with E-state index in [1.165, 1.54) is 0 Å². The number of hydrogen-bond acceptors (Lipinski definition) is 5. The lowest BCUT2D eigenvalue weighted by Crippen LogP contribution is -2.41. The van der Waals surface area contributed by atoms with Crippen LogP contribution in [0.2, 0.25) is 0 Å². The van der Waals surface area contributed by atoms with Crippen molar-refractivity contribution < 1.29 is 19.1 Å². The molecule has 4 N–H and O–H groups in total. The van der Waals surface area contributed by atoms with Crippen LogP contribution in [0.3, 0.4) is 0 Å². The monoisotopic (exact) mass is 351 g/mol. The van der Waals surface area contributed by atoms with Gasteiger partial charge in [-0.05, 0) is 37.5 Å². The molecular weight excluding hydrogens is 322 g/mol. The molecule has 0 bridgehead atoms. The Balaban J connectivity index is 2.92. The summed E-state index contributed by atoms with van der Waals surface area (Å²) in [6.45, 7) is 8.67. The van der Waals surface area contributed by atoms with Gasteiger partial charge in [0.05, 0.1) is 32.3 Å². The molecule has 0 aliphatic rings. The van der Waals surface area contributed by atoms with E-state index in [2.05, 4.69) is 10.6 Å². The first-order valence-electron chi connectivity index (χ1n) is 8.58. The van der Waals surface area contributed by atoms with E-state index in [-0.39, 0.29) is 36.9 Å². The lowest BCUT2D eigenvalue weighted by atomic mass is 9.95. The van der Waals surface area contributed by atoms with Gasteiger partial charge in [0.1, 0.15) is 0 Å². The van der Waals surface area contributed by atoms with E-state index in [1.807, 2.05) is 45.9 Å². The highest BCUT2D eigenvalue weighted by Crippen LogP contribution is 2.32. The summed E-state index contributed by atoms with van der Waals surface area (Å²) in [7, 11) is 0. The molecule has 0 fully saturated rings. The Kier molecular flexibility index (Phi) is 8.77. The molecule has 140 valence electrons. The molecule has 0 aliphatic carbocycles. The first kappa shape index (κ1) is 20.8. The lowest BCUT2D eigenvalue weighted by molar-refractivity contribution is -0.126. The zero-order valence-electron chi connectivity index (χ0n) is 15.4. The Morgan fingerprint density at radius 3 is 2.28 bits per heavy atom. The number of carbonyl (C=O) groups excluding carboxylic acids is 2. The average molecular weight is 351 g/mol. The minimum Gasteiger partial charge on any atom is -0.490 e. The number of benzene rings is 1. The molecular formula is C18H29N3O4. The van der Waals surface area contributed by atoms with E-state index in [0.29, 0.717) is 24.7 Å². The van der Waals surface area contributed by atoms with Crippen LogP contribution in [0, 0.1) is 5.92 Å². The number of nitrogens with one attached hydrogen (secondary N) is 2. The highest BCUT2D eigenvalue weighted by atomic mass is 16.5. The van der Waals surface area contributed by atoms with E-state index in [4.69, 9.17) is 15.2 Å². The van der Waals surface area contributed by atoms with Gasteiger partial charge in [-0.25, -0.2) is 0 Å². The quantitative estimate of drug-likeness (QED) is 0.591. The van der Waals surface area contributed by atoms with Gasteiger partial charge in [0.25, 0.3) is 0 Å². The minimum atomic E-state index is -0.365. The first-order chi connectivity index (χ1) is 11.9. The zero-order chi connectivity index (χ0) is 18.8. The summed E-state index contributed by atoms with van der Waals surface area (Å²) in [6.07, 6.45) is 0. The fourth-order valence-electron chi connectivity index (χ4n) is 2.37. The van der Waals surface area contributed by atoms with Crippen molar-refractivity contribution in [2.45, 2.75) is 33.7 Å². The lowest BCUT2D eigenvalue weighted by Gasteiger charge is -2.24. The molecule has 1 aromatic rings. The summed E-state index contributed by atoms with van der Waals surface area (Å²) in [6, 6.07) is 5.44. The minimum absolute atomic E-state index is 0.103. The predicted octanol–water partition coefficient (Wildman–Crippen LogP) is 1.37. The van der Waals surface area contributed by atoms with Gasteiger partial charge in [-0.15, -0.1) is 0 Å². The highest BCUT2D eigenvalue weighted by Gasteiger charge is 2.20. The Morgan fingerprint density at radius 1 is 1.08 bits per heavy atom. The third-order valence-corrected chi connectivity index (χ3v) is 3.54. The van der Waals surface area contributed by atoms with Gasteiger partial charge in [0, 0.05) is 0 Å². The van der Waals surface area contributed by atoms with E-state index < -0.39 is 0 Å². The molecule has 0 saturated heterocycles. The van der Waals surface area contributed by atoms with Crippen molar-refractivity contribution in [2.24, 2.45) is 11.7 Å². The fraction of sp³-hybridized carbons (Fsp3) is 0.556. The topological polar surface area (TPSA) is 103 Å². The highest BCUT2D eigenvalue weighted by molar-refractivity contribution is 5.85. The van der Waals surface area contributed by atoms with Crippen molar-refractivity contribution in [3.63, 3.8) is 0 Å². The number of rotatable bonds is 10. The number of amides is 2. The molecule has 1 unspecified atom stereocenters. The SMILES string of the molecule is CCOc1ccc(C(NC(=O)CNC(=O)CN)C(C)C)cc1OCC. The van der Waals surface area contributed by atoms with Crippen LogP contribution in [0.15, 0.2) is 18.2 Å². The van der Waals surface area contributed by atoms with Crippen LogP contribution in [0.1, 0.15) is 39.3 Å². The van der Waals surface area contributed by atoms with E-state index in [1.54, 1.807) is 0 Å². The van der Waals surface area contributed by atoms with Gasteiger partial charge in [0.15, 0.2) is 11.5 Å². The molecule has 0 aliphatic heterocycles. The maximum Gasteiger partial charge on any atom is 0.239 e. The van der Waals surface area contributed by atoms with Crippen molar-refractivity contribution >= 4 is 11.8 Å². The first-order valence-corrected chi connectivity index (χ1v) is 8.58. The standard InChI is InChI=1S/C18H29N3O4/c1-5-24-14-8-7-13(9-15(14)25-6-2)18(12(3)4)21-17(23)11-20-16(22)10-19/h7-9,12,18H,5-6,10-11,19H2,1-4H3,(H,20,22)(H,21,23). The molecule has 1 atom stereocenters. The van der Waals surface area contributed by atoms with Gasteiger partial charge >= 0.3 is 0 Å². The molecule has 7 nitrogen and oxygen atoms in total. The summed E-state index contributed by atoms with van der Waals surface area (Å²) >= 11 is 0. The zero-order valence-corrected chi connectivity index (χ0v) is 15.4. The van der Waals surface area contributed by atoms with Crippen LogP contribution in [-0.4, -0.2) is 38.1 Å². The third-order valence-electron chi connectivity index (χ3n) is 3.54. The van der Waals surface area contributed by atoms with Crippen molar-refractivity contribution in [3.8, 4) is 11.5 Å². The van der Waals surface area contributed by atoms with E-state index in [0.717, 1.165) is 5.56 Å². The Morgan fingerprint density at radius 2 is 1.72 bits per heavy atom. The van der Waals surface area contributed by atoms with Crippen molar-refractivity contribution in [2.75, 3.05) is 26.3 Å². The van der Waals surface area contributed by atoms with Gasteiger partial charge in [0.2, 0.25) is 11.8 Å². The predicted molar refractivity (Wildman–Crippen MR) is 96.6 cm³/mol. The third kappa shape index (κ3) is 6.62. The Labute approximate surface area is 149 Å². The average Bonchev–Trinajstić information content (AvgIpc) is 2.59. The van der Waals surface area contributed by atoms with Gasteiger partial charge in [-0.2, -0.15) is 0 Å². The maximum absolute atomic E-state index is 12.1. The Bertz CT molecular complexity index is 575. The van der Waals surface area contributed by atoms with Crippen LogP contribution < -0.4 is 25.8 Å². The van der Waals surface area contributed by atoms with Gasteiger partial charge in [-0.3, -0.25) is 9.59 Å². The number of hydrogen-bond donors (Lipinski definition) is 3. The van der Waals surface area contributed by atoms with E-state index >= 15 is 0 Å². The molecule has 0 aromatic heterocycles. The van der Waals surface area contributed by atoms with Crippen LogP contribution in [0.25, 0.3) is 0 Å². The number of carbonyl (C=O) groups is 2. The molecule has 1 aromatic carbocycles. The van der Waals surface area contributed by atoms with Crippen molar-refractivity contribution in [1.29, 1.82) is 0 Å². The summed E-state index contributed by atoms with van der Waals surface area (Å²) in [5.74, 6) is 0.847. The summed E-state index contributed by atoms with van der Waals surface area (Å²) < 4.78 is 11.2. The maximum atomic E-state index is 12.1. The molecule has 25 heavy (non-hydrogen) atoms. The number of nitrogens with two attached hydrogens (primary N) is 1. The van der Waals surface area contributed by atoms with Crippen molar-refractivity contribution in [1.82, 2.24) is 10.6 Å². The second kappa shape index (κ2) is 10.6. The molecule has 0 heterocycles. The largest absolute Gasteiger partial charge is 0.490 e. The molecule has 0 saturated carbocycles. The number of ether oxygens (including phenoxy) is 2. The molecule has 0 spiro atoms. The van der Waals surface area contributed by atoms with Gasteiger partial charge in [-0.1, -0.05) is 19.9 Å². The van der Waals surface area contributed by atoms with Gasteiger partial charge < -0.3 is 25.8 Å². The summed E-state index contributed by atoms with van der Waals surface area (Å²) in [5, 5.41) is 5.41. The van der Waals surface area contributed by atoms with Crippen molar-refractivity contribution in [3.05, 3.63) is 23.8 Å². The van der Waals surface area contributed by atoms with Crippen LogP contribution in [0.4, 0.5) is 0 Å². The van der Waals surface area contributed by atoms with E-state index in [9.17, 15) is 9.59 Å². The second-order valence-corrected chi connectivity index (χ2v) is 5.84. The normalized spacial score (nSPS) is 11.8. The fourth-order valence-corrected chi connectivity index (χ4v) is 2.37. The Hall–Kier alpha value is -2.28. The molecule has 2 amide bonds. The van der Waals surface area contributed by atoms with Crippen LogP contribution in [0.5, 0.6) is 11.5 Å². The summed E-state index contributed by atoms with van der Waals surface area (Å²) in [5.41, 5.74) is 6.13. The van der Waals surface area contributed by atoms with Crippen LogP contribution in [-0.2, 0) is 9.59 Å².